The summed E-state index contributed by atoms with van der Waals surface area (Å²) in [6.45, 7) is 8.64. The van der Waals surface area contributed by atoms with E-state index in [0.717, 1.165) is 35.5 Å². The maximum absolute atomic E-state index is 15.0. The Labute approximate surface area is 204 Å². The third-order valence-corrected chi connectivity index (χ3v) is 9.90. The summed E-state index contributed by atoms with van der Waals surface area (Å²) in [7, 11) is -1.35. The molecule has 2 aliphatic carbocycles. The van der Waals surface area contributed by atoms with Crippen LogP contribution in [0.2, 0.25) is 25.7 Å². The molecule has 4 N–H and O–H groups in total. The molecule has 1 aromatic rings. The number of thioether (sulfide) groups is 1. The minimum Gasteiger partial charge on any atom is -0.465 e. The molecule has 0 bridgehead atoms. The fourth-order valence-electron chi connectivity index (χ4n) is 4.33. The van der Waals surface area contributed by atoms with Gasteiger partial charge in [-0.25, -0.2) is 14.1 Å². The van der Waals surface area contributed by atoms with Gasteiger partial charge in [0.05, 0.1) is 5.54 Å². The second-order valence-electron chi connectivity index (χ2n) is 10.8. The summed E-state index contributed by atoms with van der Waals surface area (Å²) in [5, 5.41) is 13.2. The number of aliphatic imine (C=N–C) groups is 1. The number of nitrogen functional groups attached to an aromatic ring is 1. The SMILES string of the molecule is C[C@]1(c2cc(N)ccc2F)N=C(N(COCC[Si](C)(C)C)C(=O)O)S[C@@]2(C(=O)NC3CC3)C[C@H]21. The van der Waals surface area contributed by atoms with Gasteiger partial charge >= 0.3 is 6.09 Å². The molecule has 11 heteroatoms. The lowest BCUT2D eigenvalue weighted by Gasteiger charge is -2.36. The van der Waals surface area contributed by atoms with Crippen LogP contribution in [0.25, 0.3) is 0 Å². The van der Waals surface area contributed by atoms with E-state index >= 15 is 4.39 Å². The van der Waals surface area contributed by atoms with Crippen LogP contribution in [-0.4, -0.2) is 59.4 Å². The van der Waals surface area contributed by atoms with Gasteiger partial charge in [-0.05, 0) is 50.4 Å². The molecule has 1 heterocycles. The van der Waals surface area contributed by atoms with E-state index in [1.807, 2.05) is 0 Å². The Morgan fingerprint density at radius 1 is 1.38 bits per heavy atom. The zero-order chi connectivity index (χ0) is 24.9. The Hall–Kier alpha value is -2.11. The second kappa shape index (κ2) is 8.83. The van der Waals surface area contributed by atoms with Crippen LogP contribution in [-0.2, 0) is 15.1 Å². The Balaban J connectivity index is 1.67. The number of nitrogens with two attached hydrogens (primary N) is 1. The first-order valence-corrected chi connectivity index (χ1v) is 16.1. The van der Waals surface area contributed by atoms with E-state index in [1.54, 1.807) is 6.92 Å². The van der Waals surface area contributed by atoms with Gasteiger partial charge in [0.2, 0.25) is 5.91 Å². The number of ether oxygens (including phenoxy) is 1. The van der Waals surface area contributed by atoms with Crippen molar-refractivity contribution in [3.8, 4) is 0 Å². The van der Waals surface area contributed by atoms with Crippen molar-refractivity contribution in [2.45, 2.75) is 68.2 Å². The molecule has 0 spiro atoms. The minimum absolute atomic E-state index is 0.141. The van der Waals surface area contributed by atoms with Crippen molar-refractivity contribution in [1.29, 1.82) is 0 Å². The molecule has 2 amide bonds. The van der Waals surface area contributed by atoms with Gasteiger partial charge in [-0.3, -0.25) is 9.79 Å². The van der Waals surface area contributed by atoms with Crippen LogP contribution in [0.3, 0.4) is 0 Å². The normalized spacial score (nSPS) is 28.0. The summed E-state index contributed by atoms with van der Waals surface area (Å²) in [5.74, 6) is -0.909. The van der Waals surface area contributed by atoms with Crippen LogP contribution in [0.5, 0.6) is 0 Å². The lowest BCUT2D eigenvalue weighted by Crippen LogP contribution is -2.48. The van der Waals surface area contributed by atoms with Gasteiger partial charge in [0.15, 0.2) is 5.17 Å². The number of amides is 2. The molecule has 0 unspecified atom stereocenters. The van der Waals surface area contributed by atoms with E-state index in [-0.39, 0.29) is 35.3 Å². The van der Waals surface area contributed by atoms with E-state index in [4.69, 9.17) is 15.5 Å². The third-order valence-electron chi connectivity index (χ3n) is 6.70. The molecule has 2 saturated carbocycles. The number of rotatable bonds is 8. The summed E-state index contributed by atoms with van der Waals surface area (Å²) in [5.41, 5.74) is 5.46. The van der Waals surface area contributed by atoms with Crippen molar-refractivity contribution >= 4 is 42.7 Å². The number of carbonyl (C=O) groups excluding carboxylic acids is 1. The molecule has 2 fully saturated rings. The number of hydrogen-bond acceptors (Lipinski definition) is 6. The van der Waals surface area contributed by atoms with Crippen molar-refractivity contribution in [2.75, 3.05) is 19.1 Å². The third kappa shape index (κ3) is 4.96. The van der Waals surface area contributed by atoms with Crippen molar-refractivity contribution in [3.05, 3.63) is 29.6 Å². The number of fused-ring (bicyclic) bond motifs is 1. The molecule has 4 rings (SSSR count). The molecular weight excluding hydrogens is 475 g/mol. The highest BCUT2D eigenvalue weighted by Crippen LogP contribution is 2.66. The summed E-state index contributed by atoms with van der Waals surface area (Å²) in [6.07, 6.45) is 1.11. The molecule has 1 aliphatic heterocycles. The number of carboxylic acid groups (broad SMARTS) is 1. The molecule has 186 valence electrons. The van der Waals surface area contributed by atoms with Crippen LogP contribution in [0.1, 0.15) is 31.7 Å². The van der Waals surface area contributed by atoms with Gasteiger partial charge in [-0.2, -0.15) is 0 Å². The highest BCUT2D eigenvalue weighted by Gasteiger charge is 2.71. The zero-order valence-corrected chi connectivity index (χ0v) is 21.9. The van der Waals surface area contributed by atoms with E-state index in [0.29, 0.717) is 18.7 Å². The maximum Gasteiger partial charge on any atom is 0.415 e. The topological polar surface area (TPSA) is 117 Å². The first-order chi connectivity index (χ1) is 15.9. The Kier molecular flexibility index (Phi) is 6.49. The first-order valence-electron chi connectivity index (χ1n) is 11.6. The van der Waals surface area contributed by atoms with Crippen LogP contribution >= 0.6 is 11.8 Å². The second-order valence-corrected chi connectivity index (χ2v) is 17.8. The Bertz CT molecular complexity index is 1030. The van der Waals surface area contributed by atoms with E-state index in [1.165, 1.54) is 18.2 Å². The monoisotopic (exact) mass is 508 g/mol. The van der Waals surface area contributed by atoms with E-state index in [2.05, 4.69) is 25.0 Å². The van der Waals surface area contributed by atoms with Crippen molar-refractivity contribution < 1.29 is 23.8 Å². The van der Waals surface area contributed by atoms with E-state index < -0.39 is 30.3 Å². The van der Waals surface area contributed by atoms with Gasteiger partial charge in [0.1, 0.15) is 17.3 Å². The Morgan fingerprint density at radius 3 is 2.71 bits per heavy atom. The molecule has 3 aliphatic rings. The van der Waals surface area contributed by atoms with E-state index in [9.17, 15) is 14.7 Å². The zero-order valence-electron chi connectivity index (χ0n) is 20.1. The standard InChI is InChI=1S/C23H33FN4O4SSi/c1-22(16-11-14(25)5-8-17(16)24)18-12-23(18,19(29)26-15-6-7-15)33-20(27-22)28(21(30)31)13-32-9-10-34(2,3)4/h5,8,11,15,18H,6-7,9-10,12-13,25H2,1-4H3,(H,26,29)(H,30,31)/t18-,22+,23-/m0/s1. The fraction of sp³-hybridized carbons (Fsp3) is 0.609. The van der Waals surface area contributed by atoms with Crippen LogP contribution in [0.4, 0.5) is 14.9 Å². The molecule has 0 saturated heterocycles. The Morgan fingerprint density at radius 2 is 2.09 bits per heavy atom. The number of benzene rings is 1. The smallest absolute Gasteiger partial charge is 0.415 e. The lowest BCUT2D eigenvalue weighted by atomic mass is 9.85. The molecule has 0 radical (unpaired) electrons. The average molecular weight is 509 g/mol. The number of anilines is 1. The van der Waals surface area contributed by atoms with Gasteiger partial charge in [-0.15, -0.1) is 0 Å². The largest absolute Gasteiger partial charge is 0.465 e. The highest BCUT2D eigenvalue weighted by molar-refractivity contribution is 8.16. The predicted molar refractivity (Wildman–Crippen MR) is 134 cm³/mol. The van der Waals surface area contributed by atoms with Crippen LogP contribution in [0, 0.1) is 11.7 Å². The van der Waals surface area contributed by atoms with Gasteiger partial charge in [-0.1, -0.05) is 31.4 Å². The number of nitrogens with zero attached hydrogens (tertiary/aromatic N) is 2. The highest BCUT2D eigenvalue weighted by atomic mass is 32.2. The average Bonchev–Trinajstić information content (AvgIpc) is 3.64. The minimum atomic E-state index is -1.35. The van der Waals surface area contributed by atoms with Crippen LogP contribution < -0.4 is 11.1 Å². The predicted octanol–water partition coefficient (Wildman–Crippen LogP) is 4.06. The number of hydrogen-bond donors (Lipinski definition) is 3. The van der Waals surface area contributed by atoms with Crippen molar-refractivity contribution in [1.82, 2.24) is 10.2 Å². The number of halogens is 1. The van der Waals surface area contributed by atoms with Crippen molar-refractivity contribution in [2.24, 2.45) is 10.9 Å². The van der Waals surface area contributed by atoms with Gasteiger partial charge in [0.25, 0.3) is 0 Å². The number of nitrogens with one attached hydrogen (secondary N) is 1. The molecule has 8 nitrogen and oxygen atoms in total. The quantitative estimate of drug-likeness (QED) is 0.211. The summed E-state index contributed by atoms with van der Waals surface area (Å²) in [6, 6.07) is 5.34. The molecule has 0 aromatic heterocycles. The summed E-state index contributed by atoms with van der Waals surface area (Å²) in [4.78, 5) is 31.3. The summed E-state index contributed by atoms with van der Waals surface area (Å²) >= 11 is 1.15. The molecular formula is C23H33FN4O4SSi. The van der Waals surface area contributed by atoms with Gasteiger partial charge < -0.3 is 20.9 Å². The van der Waals surface area contributed by atoms with Gasteiger partial charge in [0, 0.05) is 37.9 Å². The number of amidine groups is 1. The maximum atomic E-state index is 15.0. The first kappa shape index (κ1) is 25.0. The summed E-state index contributed by atoms with van der Waals surface area (Å²) < 4.78 is 19.8. The number of carbonyl (C=O) groups is 2. The molecule has 1 aromatic carbocycles. The van der Waals surface area contributed by atoms with Crippen molar-refractivity contribution in [3.63, 3.8) is 0 Å². The molecule has 34 heavy (non-hydrogen) atoms. The fourth-order valence-corrected chi connectivity index (χ4v) is 6.66. The lowest BCUT2D eigenvalue weighted by molar-refractivity contribution is -0.121. The van der Waals surface area contributed by atoms with Crippen LogP contribution in [0.15, 0.2) is 23.2 Å². The molecule has 3 atom stereocenters.